The second-order valence-electron chi connectivity index (χ2n) is 4.24. The van der Waals surface area contributed by atoms with Crippen LogP contribution in [0.5, 0.6) is 0 Å². The normalized spacial score (nSPS) is 16.3. The third-order valence-corrected chi connectivity index (χ3v) is 4.45. The molecule has 0 aromatic heterocycles. The summed E-state index contributed by atoms with van der Waals surface area (Å²) in [6.45, 7) is 6.92. The molecule has 0 fully saturated rings. The lowest BCUT2D eigenvalue weighted by molar-refractivity contribution is 0.447. The summed E-state index contributed by atoms with van der Waals surface area (Å²) in [6.07, 6.45) is 5.51. The number of hydrogen-bond acceptors (Lipinski definition) is 3. The molecule has 0 saturated carbocycles. The van der Waals surface area contributed by atoms with Crippen molar-refractivity contribution in [1.82, 2.24) is 5.32 Å². The molecule has 92 valence electrons. The summed E-state index contributed by atoms with van der Waals surface area (Å²) in [6, 6.07) is 0.111. The molecule has 0 bridgehead atoms. The van der Waals surface area contributed by atoms with Crippen molar-refractivity contribution in [2.75, 3.05) is 12.8 Å². The van der Waals surface area contributed by atoms with Crippen LogP contribution in [0, 0.1) is 0 Å². The summed E-state index contributed by atoms with van der Waals surface area (Å²) in [7, 11) is -2.93. The Labute approximate surface area is 94.6 Å². The molecule has 0 saturated heterocycles. The van der Waals surface area contributed by atoms with E-state index in [0.29, 0.717) is 0 Å². The maximum atomic E-state index is 11.5. The number of rotatable bonds is 8. The van der Waals surface area contributed by atoms with Gasteiger partial charge in [0.25, 0.3) is 0 Å². The van der Waals surface area contributed by atoms with Crippen LogP contribution in [-0.4, -0.2) is 32.5 Å². The van der Waals surface area contributed by atoms with Crippen LogP contribution in [-0.2, 0) is 9.84 Å². The summed E-state index contributed by atoms with van der Waals surface area (Å²) >= 11 is 0. The van der Waals surface area contributed by atoms with Gasteiger partial charge in [0.2, 0.25) is 0 Å². The van der Waals surface area contributed by atoms with E-state index < -0.39 is 9.84 Å². The fourth-order valence-corrected chi connectivity index (χ4v) is 2.38. The predicted octanol–water partition coefficient (Wildman–Crippen LogP) is 1.98. The fourth-order valence-electron chi connectivity index (χ4n) is 1.55. The zero-order valence-electron chi connectivity index (χ0n) is 10.4. The van der Waals surface area contributed by atoms with Gasteiger partial charge in [0.1, 0.15) is 0 Å². The van der Waals surface area contributed by atoms with Gasteiger partial charge < -0.3 is 5.32 Å². The molecule has 0 spiro atoms. The summed E-state index contributed by atoms with van der Waals surface area (Å²) in [4.78, 5) is 0. The Morgan fingerprint density at radius 3 is 2.20 bits per heavy atom. The van der Waals surface area contributed by atoms with Gasteiger partial charge in [-0.25, -0.2) is 8.42 Å². The Morgan fingerprint density at radius 1 is 1.20 bits per heavy atom. The second kappa shape index (κ2) is 7.23. The fraction of sp³-hybridized carbons (Fsp3) is 1.00. The van der Waals surface area contributed by atoms with Crippen LogP contribution in [0.15, 0.2) is 0 Å². The van der Waals surface area contributed by atoms with Crippen molar-refractivity contribution in [1.29, 1.82) is 0 Å². The lowest BCUT2D eigenvalue weighted by Gasteiger charge is -2.23. The highest BCUT2D eigenvalue weighted by Crippen LogP contribution is 2.11. The average Bonchev–Trinajstić information content (AvgIpc) is 2.16. The lowest BCUT2D eigenvalue weighted by atomic mass is 10.1. The molecule has 0 aliphatic heterocycles. The van der Waals surface area contributed by atoms with E-state index in [1.165, 1.54) is 6.26 Å². The van der Waals surface area contributed by atoms with Crippen molar-refractivity contribution in [2.24, 2.45) is 0 Å². The molecule has 2 atom stereocenters. The van der Waals surface area contributed by atoms with E-state index in [1.807, 2.05) is 0 Å². The van der Waals surface area contributed by atoms with Crippen molar-refractivity contribution in [3.63, 3.8) is 0 Å². The highest BCUT2D eigenvalue weighted by Gasteiger charge is 2.24. The van der Waals surface area contributed by atoms with E-state index in [0.717, 1.165) is 32.2 Å². The molecular formula is C11H25NO2S. The Hall–Kier alpha value is -0.0900. The molecule has 0 aromatic rings. The third-order valence-electron chi connectivity index (χ3n) is 2.77. The monoisotopic (exact) mass is 235 g/mol. The third kappa shape index (κ3) is 6.15. The minimum atomic E-state index is -2.93. The minimum absolute atomic E-state index is 0.111. The van der Waals surface area contributed by atoms with E-state index in [9.17, 15) is 8.42 Å². The van der Waals surface area contributed by atoms with Gasteiger partial charge in [-0.05, 0) is 26.3 Å². The first-order valence-electron chi connectivity index (χ1n) is 5.85. The van der Waals surface area contributed by atoms with Crippen molar-refractivity contribution in [3.8, 4) is 0 Å². The first kappa shape index (κ1) is 14.9. The molecule has 15 heavy (non-hydrogen) atoms. The van der Waals surface area contributed by atoms with Crippen LogP contribution in [0.4, 0.5) is 0 Å². The lowest BCUT2D eigenvalue weighted by Crippen LogP contribution is -2.42. The van der Waals surface area contributed by atoms with Crippen LogP contribution in [0.3, 0.4) is 0 Å². The van der Waals surface area contributed by atoms with Gasteiger partial charge in [-0.2, -0.15) is 0 Å². The smallest absolute Gasteiger partial charge is 0.151 e. The maximum Gasteiger partial charge on any atom is 0.151 e. The van der Waals surface area contributed by atoms with Crippen molar-refractivity contribution in [3.05, 3.63) is 0 Å². The highest BCUT2D eigenvalue weighted by molar-refractivity contribution is 7.91. The van der Waals surface area contributed by atoms with E-state index >= 15 is 0 Å². The van der Waals surface area contributed by atoms with E-state index in [4.69, 9.17) is 0 Å². The Morgan fingerprint density at radius 2 is 1.80 bits per heavy atom. The molecule has 0 radical (unpaired) electrons. The van der Waals surface area contributed by atoms with E-state index in [2.05, 4.69) is 19.2 Å². The molecule has 0 rings (SSSR count). The van der Waals surface area contributed by atoms with Gasteiger partial charge >= 0.3 is 0 Å². The van der Waals surface area contributed by atoms with Gasteiger partial charge in [0, 0.05) is 12.3 Å². The Kier molecular flexibility index (Phi) is 7.18. The second-order valence-corrected chi connectivity index (χ2v) is 6.64. The summed E-state index contributed by atoms with van der Waals surface area (Å²) in [5, 5.41) is 3.05. The number of unbranched alkanes of at least 4 members (excludes halogenated alkanes) is 1. The van der Waals surface area contributed by atoms with E-state index in [1.54, 1.807) is 6.92 Å². The zero-order valence-corrected chi connectivity index (χ0v) is 11.2. The molecule has 0 heterocycles. The molecule has 2 unspecified atom stereocenters. The number of hydrogen-bond donors (Lipinski definition) is 1. The largest absolute Gasteiger partial charge is 0.313 e. The van der Waals surface area contributed by atoms with Crippen molar-refractivity contribution >= 4 is 9.84 Å². The molecule has 0 aliphatic carbocycles. The first-order valence-corrected chi connectivity index (χ1v) is 7.81. The zero-order chi connectivity index (χ0) is 11.9. The van der Waals surface area contributed by atoms with Crippen LogP contribution < -0.4 is 5.32 Å². The van der Waals surface area contributed by atoms with Gasteiger partial charge in [0.15, 0.2) is 9.84 Å². The molecular weight excluding hydrogens is 210 g/mol. The standard InChI is InChI=1S/C11H25NO2S/c1-5-7-8-11(12-9-6-2)10(3)15(4,13)14/h10-12H,5-9H2,1-4H3. The topological polar surface area (TPSA) is 46.2 Å². The van der Waals surface area contributed by atoms with Crippen LogP contribution in [0.1, 0.15) is 46.5 Å². The molecule has 1 N–H and O–H groups in total. The van der Waals surface area contributed by atoms with Crippen molar-refractivity contribution < 1.29 is 8.42 Å². The Balaban J connectivity index is 4.33. The van der Waals surface area contributed by atoms with Crippen molar-refractivity contribution in [2.45, 2.75) is 57.7 Å². The van der Waals surface area contributed by atoms with Crippen LogP contribution >= 0.6 is 0 Å². The van der Waals surface area contributed by atoms with Gasteiger partial charge in [-0.15, -0.1) is 0 Å². The minimum Gasteiger partial charge on any atom is -0.313 e. The maximum absolute atomic E-state index is 11.5. The highest BCUT2D eigenvalue weighted by atomic mass is 32.2. The first-order chi connectivity index (χ1) is 6.93. The number of nitrogens with one attached hydrogen (secondary N) is 1. The SMILES string of the molecule is CCCCC(NCCC)C(C)S(C)(=O)=O. The predicted molar refractivity (Wildman–Crippen MR) is 65.9 cm³/mol. The summed E-state index contributed by atoms with van der Waals surface area (Å²) in [5.41, 5.74) is 0. The molecule has 0 aliphatic rings. The number of sulfone groups is 1. The van der Waals surface area contributed by atoms with Gasteiger partial charge in [0.05, 0.1) is 5.25 Å². The van der Waals surface area contributed by atoms with Crippen LogP contribution in [0.2, 0.25) is 0 Å². The van der Waals surface area contributed by atoms with Crippen LogP contribution in [0.25, 0.3) is 0 Å². The van der Waals surface area contributed by atoms with E-state index in [-0.39, 0.29) is 11.3 Å². The average molecular weight is 235 g/mol. The molecule has 4 heteroatoms. The quantitative estimate of drug-likeness (QED) is 0.700. The van der Waals surface area contributed by atoms with Gasteiger partial charge in [-0.1, -0.05) is 26.7 Å². The molecule has 3 nitrogen and oxygen atoms in total. The summed E-state index contributed by atoms with van der Waals surface area (Å²) in [5.74, 6) is 0. The summed E-state index contributed by atoms with van der Waals surface area (Å²) < 4.78 is 22.9. The molecule has 0 aromatic carbocycles. The molecule has 0 amide bonds. The van der Waals surface area contributed by atoms with Gasteiger partial charge in [-0.3, -0.25) is 0 Å². The Bertz CT molecular complexity index is 241.